The maximum Gasteiger partial charge on any atom is 0.150 e. The number of rotatable bonds is 4. The number of anilines is 1. The van der Waals surface area contributed by atoms with E-state index in [0.29, 0.717) is 0 Å². The Kier molecular flexibility index (Phi) is 3.54. The smallest absolute Gasteiger partial charge is 0.150 e. The summed E-state index contributed by atoms with van der Waals surface area (Å²) in [4.78, 5) is 11.4. The van der Waals surface area contributed by atoms with Gasteiger partial charge >= 0.3 is 0 Å². The minimum absolute atomic E-state index is 0.921. The van der Waals surface area contributed by atoms with Crippen molar-refractivity contribution < 1.29 is 0 Å². The number of likely N-dealkylation sites (N-methyl/N-ethyl adjacent to an activating group) is 2. The molecule has 0 saturated heterocycles. The van der Waals surface area contributed by atoms with Gasteiger partial charge in [-0.05, 0) is 26.1 Å². The number of hydrogen-bond acceptors (Lipinski definition) is 4. The Morgan fingerprint density at radius 3 is 2.47 bits per heavy atom. The summed E-state index contributed by atoms with van der Waals surface area (Å²) in [5.41, 5.74) is 2.88. The number of benzene rings is 1. The molecule has 0 aliphatic heterocycles. The standard InChI is InChI=1S/C13H18N4/c1-10-13(17(3)9-8-14-2)16-12-7-5-4-6-11(12)15-10/h4-7,14H,8-9H2,1-3H3. The molecule has 0 atom stereocenters. The second kappa shape index (κ2) is 5.10. The van der Waals surface area contributed by atoms with Gasteiger partial charge in [-0.2, -0.15) is 0 Å². The highest BCUT2D eigenvalue weighted by atomic mass is 15.2. The summed E-state index contributed by atoms with van der Waals surface area (Å²) in [6.45, 7) is 3.86. The van der Waals surface area contributed by atoms with Crippen LogP contribution in [-0.2, 0) is 0 Å². The van der Waals surface area contributed by atoms with Crippen LogP contribution >= 0.6 is 0 Å². The molecule has 4 nitrogen and oxygen atoms in total. The van der Waals surface area contributed by atoms with Crippen LogP contribution < -0.4 is 10.2 Å². The fraction of sp³-hybridized carbons (Fsp3) is 0.385. The fourth-order valence-corrected chi connectivity index (χ4v) is 1.83. The van der Waals surface area contributed by atoms with E-state index >= 15 is 0 Å². The second-order valence-corrected chi connectivity index (χ2v) is 4.15. The Balaban J connectivity index is 2.36. The van der Waals surface area contributed by atoms with Gasteiger partial charge in [-0.3, -0.25) is 0 Å². The van der Waals surface area contributed by atoms with E-state index in [2.05, 4.69) is 20.2 Å². The minimum Gasteiger partial charge on any atom is -0.357 e. The van der Waals surface area contributed by atoms with Gasteiger partial charge in [0.15, 0.2) is 5.82 Å². The molecule has 0 spiro atoms. The van der Waals surface area contributed by atoms with E-state index < -0.39 is 0 Å². The third-order valence-corrected chi connectivity index (χ3v) is 2.78. The molecule has 0 fully saturated rings. The van der Waals surface area contributed by atoms with Crippen molar-refractivity contribution in [2.24, 2.45) is 0 Å². The monoisotopic (exact) mass is 230 g/mol. The van der Waals surface area contributed by atoms with Gasteiger partial charge in [-0.15, -0.1) is 0 Å². The topological polar surface area (TPSA) is 41.0 Å². The third kappa shape index (κ3) is 2.53. The van der Waals surface area contributed by atoms with E-state index in [0.717, 1.165) is 35.6 Å². The van der Waals surface area contributed by atoms with E-state index in [1.54, 1.807) is 0 Å². The predicted octanol–water partition coefficient (Wildman–Crippen LogP) is 1.59. The molecule has 90 valence electrons. The Labute approximate surface area is 102 Å². The first kappa shape index (κ1) is 11.8. The average Bonchev–Trinajstić information content (AvgIpc) is 2.35. The van der Waals surface area contributed by atoms with E-state index in [-0.39, 0.29) is 0 Å². The first-order valence-electron chi connectivity index (χ1n) is 5.81. The molecule has 17 heavy (non-hydrogen) atoms. The molecule has 0 amide bonds. The van der Waals surface area contributed by atoms with Crippen LogP contribution in [0.4, 0.5) is 5.82 Å². The van der Waals surface area contributed by atoms with Crippen molar-refractivity contribution >= 4 is 16.9 Å². The van der Waals surface area contributed by atoms with Gasteiger partial charge < -0.3 is 10.2 Å². The van der Waals surface area contributed by atoms with Crippen molar-refractivity contribution in [3.05, 3.63) is 30.0 Å². The van der Waals surface area contributed by atoms with Crippen LogP contribution in [0.3, 0.4) is 0 Å². The van der Waals surface area contributed by atoms with Gasteiger partial charge in [0.05, 0.1) is 16.7 Å². The molecule has 1 heterocycles. The van der Waals surface area contributed by atoms with Gasteiger partial charge in [0.1, 0.15) is 0 Å². The van der Waals surface area contributed by atoms with Crippen molar-refractivity contribution in [1.29, 1.82) is 0 Å². The van der Waals surface area contributed by atoms with Crippen LogP contribution in [0.25, 0.3) is 11.0 Å². The van der Waals surface area contributed by atoms with E-state index in [1.165, 1.54) is 0 Å². The van der Waals surface area contributed by atoms with Crippen molar-refractivity contribution in [3.8, 4) is 0 Å². The molecule has 1 aromatic heterocycles. The molecule has 1 aromatic carbocycles. The Bertz CT molecular complexity index is 510. The molecule has 2 aromatic rings. The lowest BCUT2D eigenvalue weighted by molar-refractivity contribution is 0.759. The molecule has 4 heteroatoms. The first-order valence-corrected chi connectivity index (χ1v) is 5.81. The molecule has 0 radical (unpaired) electrons. The Morgan fingerprint density at radius 2 is 1.82 bits per heavy atom. The summed E-state index contributed by atoms with van der Waals surface area (Å²) >= 11 is 0. The quantitative estimate of drug-likeness (QED) is 0.866. The van der Waals surface area contributed by atoms with Gasteiger partial charge in [-0.1, -0.05) is 12.1 Å². The number of fused-ring (bicyclic) bond motifs is 1. The number of hydrogen-bond donors (Lipinski definition) is 1. The van der Waals surface area contributed by atoms with Gasteiger partial charge in [0.25, 0.3) is 0 Å². The SMILES string of the molecule is CNCCN(C)c1nc2ccccc2nc1C. The number of para-hydroxylation sites is 2. The third-order valence-electron chi connectivity index (χ3n) is 2.78. The lowest BCUT2D eigenvalue weighted by atomic mass is 10.3. The van der Waals surface area contributed by atoms with Crippen LogP contribution in [0.5, 0.6) is 0 Å². The number of aryl methyl sites for hydroxylation is 1. The molecule has 2 rings (SSSR count). The highest BCUT2D eigenvalue weighted by Gasteiger charge is 2.08. The molecule has 0 saturated carbocycles. The van der Waals surface area contributed by atoms with Crippen molar-refractivity contribution in [1.82, 2.24) is 15.3 Å². The molecular weight excluding hydrogens is 212 g/mol. The van der Waals surface area contributed by atoms with Crippen LogP contribution in [0, 0.1) is 6.92 Å². The lowest BCUT2D eigenvalue weighted by Crippen LogP contribution is -2.28. The number of nitrogens with one attached hydrogen (secondary N) is 1. The first-order chi connectivity index (χ1) is 8.22. The van der Waals surface area contributed by atoms with Gasteiger partial charge in [0.2, 0.25) is 0 Å². The minimum atomic E-state index is 0.921. The molecular formula is C13H18N4. The molecule has 0 unspecified atom stereocenters. The summed E-state index contributed by atoms with van der Waals surface area (Å²) in [5.74, 6) is 0.957. The summed E-state index contributed by atoms with van der Waals surface area (Å²) in [6.07, 6.45) is 0. The van der Waals surface area contributed by atoms with Gasteiger partial charge in [0, 0.05) is 20.1 Å². The maximum atomic E-state index is 4.66. The highest BCUT2D eigenvalue weighted by Crippen LogP contribution is 2.18. The lowest BCUT2D eigenvalue weighted by Gasteiger charge is -2.19. The molecule has 0 bridgehead atoms. The van der Waals surface area contributed by atoms with Crippen molar-refractivity contribution in [2.75, 3.05) is 32.1 Å². The zero-order valence-corrected chi connectivity index (χ0v) is 10.6. The summed E-state index contributed by atoms with van der Waals surface area (Å²) < 4.78 is 0. The summed E-state index contributed by atoms with van der Waals surface area (Å²) in [5, 5.41) is 3.14. The Hall–Kier alpha value is -1.68. The van der Waals surface area contributed by atoms with Crippen molar-refractivity contribution in [2.45, 2.75) is 6.92 Å². The summed E-state index contributed by atoms with van der Waals surface area (Å²) in [7, 11) is 4.00. The molecule has 0 aliphatic rings. The molecule has 0 aliphatic carbocycles. The second-order valence-electron chi connectivity index (χ2n) is 4.15. The number of nitrogens with zero attached hydrogens (tertiary/aromatic N) is 3. The van der Waals surface area contributed by atoms with Crippen LogP contribution in [0.2, 0.25) is 0 Å². The maximum absolute atomic E-state index is 4.66. The summed E-state index contributed by atoms with van der Waals surface area (Å²) in [6, 6.07) is 7.97. The zero-order valence-electron chi connectivity index (χ0n) is 10.6. The predicted molar refractivity (Wildman–Crippen MR) is 71.5 cm³/mol. The van der Waals surface area contributed by atoms with Crippen LogP contribution in [0.15, 0.2) is 24.3 Å². The fourth-order valence-electron chi connectivity index (χ4n) is 1.83. The van der Waals surface area contributed by atoms with Gasteiger partial charge in [-0.25, -0.2) is 9.97 Å². The zero-order chi connectivity index (χ0) is 12.3. The number of aromatic nitrogens is 2. The largest absolute Gasteiger partial charge is 0.357 e. The average molecular weight is 230 g/mol. The van der Waals surface area contributed by atoms with Crippen LogP contribution in [0.1, 0.15) is 5.69 Å². The highest BCUT2D eigenvalue weighted by molar-refractivity contribution is 5.76. The van der Waals surface area contributed by atoms with Crippen LogP contribution in [-0.4, -0.2) is 37.2 Å². The van der Waals surface area contributed by atoms with E-state index in [1.807, 2.05) is 45.3 Å². The van der Waals surface area contributed by atoms with Crippen molar-refractivity contribution in [3.63, 3.8) is 0 Å². The normalized spacial score (nSPS) is 10.8. The Morgan fingerprint density at radius 1 is 1.18 bits per heavy atom. The van der Waals surface area contributed by atoms with E-state index in [4.69, 9.17) is 0 Å². The molecule has 1 N–H and O–H groups in total. The van der Waals surface area contributed by atoms with E-state index in [9.17, 15) is 0 Å².